The molecular formula is C5H11O2. The Kier molecular flexibility index (Phi) is 4.04. The van der Waals surface area contributed by atoms with E-state index >= 15 is 0 Å². The molecule has 0 rings (SSSR count). The molecule has 0 saturated heterocycles. The van der Waals surface area contributed by atoms with E-state index in [9.17, 15) is 5.11 Å². The first-order chi connectivity index (χ1) is 3.27. The number of rotatable bonds is 3. The highest BCUT2D eigenvalue weighted by Gasteiger charge is 1.88. The van der Waals surface area contributed by atoms with Gasteiger partial charge in [-0.05, 0) is 13.8 Å². The summed E-state index contributed by atoms with van der Waals surface area (Å²) >= 11 is 0. The molecule has 0 fully saturated rings. The molecule has 0 bridgehead atoms. The van der Waals surface area contributed by atoms with Crippen LogP contribution in [0.2, 0.25) is 0 Å². The largest absolute Gasteiger partial charge is 0.376 e. The molecule has 43 valence electrons. The fourth-order valence-corrected chi connectivity index (χ4v) is 0.284. The van der Waals surface area contributed by atoms with Crippen LogP contribution in [0.1, 0.15) is 13.8 Å². The predicted molar refractivity (Wildman–Crippen MR) is 26.6 cm³/mol. The lowest BCUT2D eigenvalue weighted by Crippen LogP contribution is -2.05. The standard InChI is InChI=1S/C5H11O2/c1-5(2)7-4-3-6/h5H,3-4H2,1-2H3. The smallest absolute Gasteiger partial charge is 0.106 e. The first-order valence-corrected chi connectivity index (χ1v) is 2.47. The van der Waals surface area contributed by atoms with Crippen LogP contribution in [0.15, 0.2) is 0 Å². The molecular weight excluding hydrogens is 92.1 g/mol. The van der Waals surface area contributed by atoms with Crippen molar-refractivity contribution in [2.75, 3.05) is 13.2 Å². The van der Waals surface area contributed by atoms with E-state index < -0.39 is 0 Å². The minimum absolute atomic E-state index is 0.127. The minimum Gasteiger partial charge on any atom is -0.376 e. The van der Waals surface area contributed by atoms with Gasteiger partial charge in [-0.1, -0.05) is 0 Å². The lowest BCUT2D eigenvalue weighted by molar-refractivity contribution is 0.0294. The highest BCUT2D eigenvalue weighted by molar-refractivity contribution is 4.33. The molecule has 0 aromatic rings. The summed E-state index contributed by atoms with van der Waals surface area (Å²) in [6.45, 7) is 4.04. The van der Waals surface area contributed by atoms with Crippen LogP contribution in [-0.4, -0.2) is 19.3 Å². The third kappa shape index (κ3) is 5.92. The summed E-state index contributed by atoms with van der Waals surface area (Å²) in [5, 5.41) is 9.71. The van der Waals surface area contributed by atoms with Gasteiger partial charge in [0, 0.05) is 0 Å². The van der Waals surface area contributed by atoms with E-state index in [-0.39, 0.29) is 12.7 Å². The predicted octanol–water partition coefficient (Wildman–Crippen LogP) is 0.842. The van der Waals surface area contributed by atoms with Gasteiger partial charge in [0.15, 0.2) is 0 Å². The van der Waals surface area contributed by atoms with Gasteiger partial charge >= 0.3 is 0 Å². The van der Waals surface area contributed by atoms with E-state index in [0.29, 0.717) is 6.61 Å². The van der Waals surface area contributed by atoms with Crippen molar-refractivity contribution in [3.05, 3.63) is 0 Å². The maximum absolute atomic E-state index is 9.71. The molecule has 2 heteroatoms. The van der Waals surface area contributed by atoms with Crippen LogP contribution in [0.5, 0.6) is 0 Å². The van der Waals surface area contributed by atoms with Gasteiger partial charge in [-0.25, -0.2) is 5.11 Å². The molecule has 0 amide bonds. The Morgan fingerprint density at radius 2 is 2.14 bits per heavy atom. The molecule has 0 heterocycles. The third-order valence-electron chi connectivity index (χ3n) is 0.535. The summed E-state index contributed by atoms with van der Waals surface area (Å²) in [5.41, 5.74) is 0. The fraction of sp³-hybridized carbons (Fsp3) is 1.00. The zero-order valence-electron chi connectivity index (χ0n) is 4.81. The topological polar surface area (TPSA) is 29.1 Å². The molecule has 0 saturated carbocycles. The van der Waals surface area contributed by atoms with E-state index in [1.807, 2.05) is 13.8 Å². The van der Waals surface area contributed by atoms with Gasteiger partial charge in [0.2, 0.25) is 0 Å². The summed E-state index contributed by atoms with van der Waals surface area (Å²) in [7, 11) is 0. The van der Waals surface area contributed by atoms with Gasteiger partial charge in [-0.3, -0.25) is 0 Å². The SMILES string of the molecule is CC(C)OCC[O]. The summed E-state index contributed by atoms with van der Waals surface area (Å²) in [6, 6.07) is 0. The van der Waals surface area contributed by atoms with E-state index in [2.05, 4.69) is 0 Å². The summed E-state index contributed by atoms with van der Waals surface area (Å²) in [4.78, 5) is 0. The van der Waals surface area contributed by atoms with Crippen LogP contribution in [0.4, 0.5) is 0 Å². The zero-order valence-corrected chi connectivity index (χ0v) is 4.81. The Hall–Kier alpha value is -0.0800. The molecule has 0 spiro atoms. The normalized spacial score (nSPS) is 10.3. The molecule has 0 N–H and O–H groups in total. The molecule has 0 aliphatic carbocycles. The van der Waals surface area contributed by atoms with Crippen molar-refractivity contribution in [3.8, 4) is 0 Å². The Labute approximate surface area is 44.1 Å². The Balaban J connectivity index is 2.68. The molecule has 1 radical (unpaired) electrons. The van der Waals surface area contributed by atoms with Gasteiger partial charge in [0.25, 0.3) is 0 Å². The first-order valence-electron chi connectivity index (χ1n) is 2.47. The van der Waals surface area contributed by atoms with Gasteiger partial charge in [-0.2, -0.15) is 0 Å². The van der Waals surface area contributed by atoms with Crippen LogP contribution < -0.4 is 0 Å². The average molecular weight is 103 g/mol. The van der Waals surface area contributed by atoms with Crippen molar-refractivity contribution in [1.82, 2.24) is 0 Å². The number of hydrogen-bond acceptors (Lipinski definition) is 1. The lowest BCUT2D eigenvalue weighted by Gasteiger charge is -2.01. The average Bonchev–Trinajstić information content (AvgIpc) is 1.61. The van der Waals surface area contributed by atoms with E-state index in [4.69, 9.17) is 4.74 Å². The molecule has 0 aliphatic heterocycles. The Bertz CT molecular complexity index is 35.1. The van der Waals surface area contributed by atoms with E-state index in [1.165, 1.54) is 0 Å². The molecule has 0 aromatic heterocycles. The number of ether oxygens (including phenoxy) is 1. The monoisotopic (exact) mass is 103 g/mol. The van der Waals surface area contributed by atoms with Crippen LogP contribution >= 0.6 is 0 Å². The molecule has 0 atom stereocenters. The second kappa shape index (κ2) is 4.09. The van der Waals surface area contributed by atoms with Crippen LogP contribution in [0.3, 0.4) is 0 Å². The van der Waals surface area contributed by atoms with Gasteiger partial charge < -0.3 is 4.74 Å². The Morgan fingerprint density at radius 1 is 1.57 bits per heavy atom. The molecule has 0 unspecified atom stereocenters. The highest BCUT2D eigenvalue weighted by Crippen LogP contribution is 1.83. The summed E-state index contributed by atoms with van der Waals surface area (Å²) in [5.74, 6) is 0. The van der Waals surface area contributed by atoms with Crippen LogP contribution in [0, 0.1) is 0 Å². The highest BCUT2D eigenvalue weighted by atomic mass is 16.5. The minimum atomic E-state index is -0.127. The van der Waals surface area contributed by atoms with E-state index in [0.717, 1.165) is 0 Å². The summed E-state index contributed by atoms with van der Waals surface area (Å²) in [6.07, 6.45) is 0.203. The molecule has 7 heavy (non-hydrogen) atoms. The van der Waals surface area contributed by atoms with Crippen molar-refractivity contribution in [2.24, 2.45) is 0 Å². The molecule has 0 aromatic carbocycles. The van der Waals surface area contributed by atoms with Crippen molar-refractivity contribution in [1.29, 1.82) is 0 Å². The maximum atomic E-state index is 9.71. The second-order valence-electron chi connectivity index (χ2n) is 1.62. The summed E-state index contributed by atoms with van der Waals surface area (Å²) < 4.78 is 4.88. The Morgan fingerprint density at radius 3 is 2.29 bits per heavy atom. The first kappa shape index (κ1) is 6.92. The van der Waals surface area contributed by atoms with Gasteiger partial charge in [-0.15, -0.1) is 0 Å². The van der Waals surface area contributed by atoms with Gasteiger partial charge in [0.05, 0.1) is 12.7 Å². The fourth-order valence-electron chi connectivity index (χ4n) is 0.284. The third-order valence-corrected chi connectivity index (χ3v) is 0.535. The molecule has 2 nitrogen and oxygen atoms in total. The quantitative estimate of drug-likeness (QED) is 0.520. The van der Waals surface area contributed by atoms with Crippen molar-refractivity contribution >= 4 is 0 Å². The maximum Gasteiger partial charge on any atom is 0.106 e. The van der Waals surface area contributed by atoms with Crippen molar-refractivity contribution < 1.29 is 9.84 Å². The van der Waals surface area contributed by atoms with Crippen LogP contribution in [-0.2, 0) is 9.84 Å². The van der Waals surface area contributed by atoms with Gasteiger partial charge in [0.1, 0.15) is 6.61 Å². The molecule has 0 aliphatic rings. The second-order valence-corrected chi connectivity index (χ2v) is 1.62. The van der Waals surface area contributed by atoms with Crippen molar-refractivity contribution in [2.45, 2.75) is 20.0 Å². The number of hydrogen-bond donors (Lipinski definition) is 0. The van der Waals surface area contributed by atoms with Crippen molar-refractivity contribution in [3.63, 3.8) is 0 Å². The zero-order chi connectivity index (χ0) is 5.70. The van der Waals surface area contributed by atoms with E-state index in [1.54, 1.807) is 0 Å². The lowest BCUT2D eigenvalue weighted by atomic mass is 10.5. The van der Waals surface area contributed by atoms with Crippen LogP contribution in [0.25, 0.3) is 0 Å².